The molecule has 5 rings (SSSR count). The Morgan fingerprint density at radius 2 is 1.68 bits per heavy atom. The van der Waals surface area contributed by atoms with Crippen LogP contribution in [-0.2, 0) is 27.4 Å². The fourth-order valence-corrected chi connectivity index (χ4v) is 5.60. The van der Waals surface area contributed by atoms with Crippen LogP contribution < -0.4 is 5.32 Å². The van der Waals surface area contributed by atoms with Gasteiger partial charge in [-0.3, -0.25) is 9.59 Å². The lowest BCUT2D eigenvalue weighted by Crippen LogP contribution is -2.41. The minimum atomic E-state index is -0.925. The first-order valence-corrected chi connectivity index (χ1v) is 14.2. The second-order valence-electron chi connectivity index (χ2n) is 10.6. The first-order chi connectivity index (χ1) is 21.3. The number of nitrogens with one attached hydrogen (secondary N) is 1. The molecule has 0 aliphatic heterocycles. The van der Waals surface area contributed by atoms with Gasteiger partial charge >= 0.3 is 12.1 Å². The lowest BCUT2D eigenvalue weighted by Gasteiger charge is -2.28. The molecule has 1 heterocycles. The molecule has 0 fully saturated rings. The number of azide groups is 1. The van der Waals surface area contributed by atoms with E-state index in [1.165, 1.54) is 5.01 Å². The van der Waals surface area contributed by atoms with Crippen molar-refractivity contribution in [3.63, 3.8) is 0 Å². The quantitative estimate of drug-likeness (QED) is 0.0889. The summed E-state index contributed by atoms with van der Waals surface area (Å²) >= 11 is 0. The van der Waals surface area contributed by atoms with E-state index in [1.54, 1.807) is 31.2 Å². The zero-order valence-electron chi connectivity index (χ0n) is 24.5. The zero-order chi connectivity index (χ0) is 31.2. The SMILES string of the molecule is CN(Cc1cc2cc(NC(=O)CCN=[N+]=[N-])ccc2n1CCC(=O)O)N(C)C(=O)OCC1c2ccccc2-c2ccccc21. The van der Waals surface area contributed by atoms with Gasteiger partial charge in [0.05, 0.1) is 13.0 Å². The number of hydrazine groups is 1. The number of fused-ring (bicyclic) bond motifs is 4. The second kappa shape index (κ2) is 13.3. The summed E-state index contributed by atoms with van der Waals surface area (Å²) in [6.45, 7) is 0.780. The van der Waals surface area contributed by atoms with E-state index >= 15 is 0 Å². The molecule has 0 unspecified atom stereocenters. The van der Waals surface area contributed by atoms with E-state index in [0.717, 1.165) is 38.9 Å². The molecular formula is C32H33N7O5. The molecule has 0 atom stereocenters. The molecule has 12 heteroatoms. The Balaban J connectivity index is 1.29. The summed E-state index contributed by atoms with van der Waals surface area (Å²) in [7, 11) is 3.39. The molecule has 2 amide bonds. The third-order valence-electron chi connectivity index (χ3n) is 7.83. The molecule has 0 bridgehead atoms. The molecule has 1 aliphatic carbocycles. The number of aliphatic carboxylic acids is 1. The summed E-state index contributed by atoms with van der Waals surface area (Å²) in [4.78, 5) is 39.4. The van der Waals surface area contributed by atoms with Crippen molar-refractivity contribution in [2.75, 3.05) is 32.6 Å². The summed E-state index contributed by atoms with van der Waals surface area (Å²) in [6.07, 6.45) is -0.533. The number of carbonyl (C=O) groups is 3. The van der Waals surface area contributed by atoms with Gasteiger partial charge in [0.1, 0.15) is 6.61 Å². The molecule has 2 N–H and O–H groups in total. The summed E-state index contributed by atoms with van der Waals surface area (Å²) in [6, 6.07) is 23.6. The van der Waals surface area contributed by atoms with Crippen molar-refractivity contribution in [1.82, 2.24) is 14.6 Å². The third-order valence-corrected chi connectivity index (χ3v) is 7.83. The predicted octanol–water partition coefficient (Wildman–Crippen LogP) is 5.98. The lowest BCUT2D eigenvalue weighted by atomic mass is 9.98. The smallest absolute Gasteiger partial charge is 0.424 e. The summed E-state index contributed by atoms with van der Waals surface area (Å²) in [5, 5.41) is 19.4. The predicted molar refractivity (Wildman–Crippen MR) is 166 cm³/mol. The van der Waals surface area contributed by atoms with Crippen LogP contribution in [0.3, 0.4) is 0 Å². The highest BCUT2D eigenvalue weighted by Gasteiger charge is 2.30. The van der Waals surface area contributed by atoms with Crippen LogP contribution in [0.4, 0.5) is 10.5 Å². The Morgan fingerprint density at radius 1 is 1.00 bits per heavy atom. The van der Waals surface area contributed by atoms with Gasteiger partial charge in [0, 0.05) is 66.7 Å². The number of ether oxygens (including phenoxy) is 1. The van der Waals surface area contributed by atoms with Crippen molar-refractivity contribution < 1.29 is 24.2 Å². The highest BCUT2D eigenvalue weighted by Crippen LogP contribution is 2.44. The van der Waals surface area contributed by atoms with Crippen LogP contribution in [0.1, 0.15) is 35.6 Å². The van der Waals surface area contributed by atoms with Gasteiger partial charge < -0.3 is 19.7 Å². The molecular weight excluding hydrogens is 562 g/mol. The Labute approximate surface area is 254 Å². The van der Waals surface area contributed by atoms with Crippen molar-refractivity contribution in [1.29, 1.82) is 0 Å². The molecule has 12 nitrogen and oxygen atoms in total. The normalized spacial score (nSPS) is 12.0. The monoisotopic (exact) mass is 595 g/mol. The van der Waals surface area contributed by atoms with E-state index in [2.05, 4.69) is 39.6 Å². The number of benzene rings is 3. The molecule has 1 aromatic heterocycles. The van der Waals surface area contributed by atoms with E-state index in [-0.39, 0.29) is 44.4 Å². The van der Waals surface area contributed by atoms with Gasteiger partial charge in [-0.15, -0.1) is 0 Å². The molecule has 0 saturated heterocycles. The maximum atomic E-state index is 13.2. The van der Waals surface area contributed by atoms with E-state index in [0.29, 0.717) is 12.2 Å². The van der Waals surface area contributed by atoms with Gasteiger partial charge in [-0.05, 0) is 52.1 Å². The van der Waals surface area contributed by atoms with Gasteiger partial charge in [-0.25, -0.2) is 14.8 Å². The highest BCUT2D eigenvalue weighted by atomic mass is 16.6. The Morgan fingerprint density at radius 3 is 2.34 bits per heavy atom. The number of hydrogen-bond acceptors (Lipinski definition) is 6. The van der Waals surface area contributed by atoms with E-state index < -0.39 is 12.1 Å². The maximum absolute atomic E-state index is 13.2. The largest absolute Gasteiger partial charge is 0.481 e. The molecule has 44 heavy (non-hydrogen) atoms. The van der Waals surface area contributed by atoms with Gasteiger partial charge in [0.25, 0.3) is 0 Å². The number of carboxylic acid groups (broad SMARTS) is 1. The average Bonchev–Trinajstić information content (AvgIpc) is 3.52. The van der Waals surface area contributed by atoms with Crippen molar-refractivity contribution in [2.45, 2.75) is 31.8 Å². The van der Waals surface area contributed by atoms with Crippen LogP contribution in [0.2, 0.25) is 0 Å². The van der Waals surface area contributed by atoms with E-state index in [4.69, 9.17) is 10.3 Å². The van der Waals surface area contributed by atoms with Crippen LogP contribution in [0, 0.1) is 0 Å². The van der Waals surface area contributed by atoms with Gasteiger partial charge in [0.2, 0.25) is 5.91 Å². The van der Waals surface area contributed by atoms with Gasteiger partial charge in [-0.2, -0.15) is 0 Å². The first kappa shape index (κ1) is 30.1. The van der Waals surface area contributed by atoms with Crippen LogP contribution in [-0.4, -0.2) is 64.9 Å². The maximum Gasteiger partial charge on any atom is 0.424 e. The van der Waals surface area contributed by atoms with Gasteiger partial charge in [0.15, 0.2) is 0 Å². The number of hydrogen-bond donors (Lipinski definition) is 2. The van der Waals surface area contributed by atoms with Crippen molar-refractivity contribution in [3.8, 4) is 11.1 Å². The fourth-order valence-electron chi connectivity index (χ4n) is 5.60. The number of anilines is 1. The number of aromatic nitrogens is 1. The standard InChI is InChI=1S/C32H33N7O5/c1-37(38(2)32(43)44-20-28-26-9-5-3-7-24(26)25-8-4-6-10-27(25)28)19-23-18-21-17-22(35-30(40)13-15-34-36-33)11-12-29(21)39(23)16-14-31(41)42/h3-12,17-18,28H,13-16,19-20H2,1-2H3,(H,35,40)(H,41,42). The van der Waals surface area contributed by atoms with E-state index in [9.17, 15) is 19.5 Å². The minimum absolute atomic E-state index is 0.0555. The Hall–Kier alpha value is -5.32. The number of nitrogens with zero attached hydrogens (tertiary/aromatic N) is 6. The molecule has 226 valence electrons. The Bertz CT molecular complexity index is 1720. The summed E-state index contributed by atoms with van der Waals surface area (Å²) in [5.74, 6) is -1.27. The lowest BCUT2D eigenvalue weighted by molar-refractivity contribution is -0.137. The van der Waals surface area contributed by atoms with Gasteiger partial charge in [-0.1, -0.05) is 53.6 Å². The third kappa shape index (κ3) is 6.51. The number of aryl methyl sites for hydroxylation is 1. The molecule has 4 aromatic rings. The fraction of sp³-hybridized carbons (Fsp3) is 0.281. The molecule has 0 spiro atoms. The first-order valence-electron chi connectivity index (χ1n) is 14.2. The molecule has 3 aromatic carbocycles. The number of rotatable bonds is 12. The molecule has 0 radical (unpaired) electrons. The molecule has 0 saturated carbocycles. The summed E-state index contributed by atoms with van der Waals surface area (Å²) < 4.78 is 7.71. The summed E-state index contributed by atoms with van der Waals surface area (Å²) in [5.41, 5.74) is 15.1. The van der Waals surface area contributed by atoms with Crippen LogP contribution >= 0.6 is 0 Å². The van der Waals surface area contributed by atoms with Crippen molar-refractivity contribution >= 4 is 34.6 Å². The highest BCUT2D eigenvalue weighted by molar-refractivity contribution is 5.94. The zero-order valence-corrected chi connectivity index (χ0v) is 24.5. The molecule has 1 aliphatic rings. The van der Waals surface area contributed by atoms with E-state index in [1.807, 2.05) is 41.0 Å². The van der Waals surface area contributed by atoms with Crippen LogP contribution in [0.25, 0.3) is 32.5 Å². The number of amides is 2. The van der Waals surface area contributed by atoms with Crippen LogP contribution in [0.5, 0.6) is 0 Å². The minimum Gasteiger partial charge on any atom is -0.481 e. The number of carboxylic acids is 1. The average molecular weight is 596 g/mol. The number of carbonyl (C=O) groups excluding carboxylic acids is 2. The van der Waals surface area contributed by atoms with Crippen LogP contribution in [0.15, 0.2) is 77.9 Å². The topological polar surface area (TPSA) is 153 Å². The second-order valence-corrected chi connectivity index (χ2v) is 10.6. The van der Waals surface area contributed by atoms with Crippen molar-refractivity contribution in [2.24, 2.45) is 5.11 Å². The Kier molecular flexibility index (Phi) is 9.13. The van der Waals surface area contributed by atoms with Crippen molar-refractivity contribution in [3.05, 3.63) is 100 Å².